The third-order valence-corrected chi connectivity index (χ3v) is 3.73. The van der Waals surface area contributed by atoms with Crippen LogP contribution in [0.15, 0.2) is 21.3 Å². The van der Waals surface area contributed by atoms with Crippen molar-refractivity contribution in [3.05, 3.63) is 16.8 Å². The third-order valence-electron chi connectivity index (χ3n) is 2.77. The maximum Gasteiger partial charge on any atom is 0.344 e. The average molecular weight is 280 g/mol. The van der Waals surface area contributed by atoms with Crippen LogP contribution in [0.4, 0.5) is 5.82 Å². The molecular formula is C10H12N6O2S. The van der Waals surface area contributed by atoms with Gasteiger partial charge in [-0.15, -0.1) is 5.10 Å². The molecule has 1 saturated carbocycles. The Hall–Kier alpha value is -2.03. The number of anilines is 1. The monoisotopic (exact) mass is 280 g/mol. The minimum absolute atomic E-state index is 0.203. The van der Waals surface area contributed by atoms with Crippen LogP contribution in [-0.2, 0) is 0 Å². The van der Waals surface area contributed by atoms with E-state index in [1.165, 1.54) is 25.2 Å². The number of H-pyrrole nitrogens is 1. The van der Waals surface area contributed by atoms with Crippen molar-refractivity contribution in [3.8, 4) is 5.75 Å². The summed E-state index contributed by atoms with van der Waals surface area (Å²) in [6.07, 6.45) is 3.35. The van der Waals surface area contributed by atoms with E-state index in [-0.39, 0.29) is 17.5 Å². The average Bonchev–Trinajstić information content (AvgIpc) is 3.15. The number of methoxy groups -OCH3 is 1. The van der Waals surface area contributed by atoms with Crippen LogP contribution < -0.4 is 16.2 Å². The van der Waals surface area contributed by atoms with Gasteiger partial charge in [-0.3, -0.25) is 4.57 Å². The van der Waals surface area contributed by atoms with Crippen molar-refractivity contribution in [2.75, 3.05) is 12.8 Å². The molecule has 0 amide bonds. The fraction of sp³-hybridized carbons (Fsp3) is 0.400. The summed E-state index contributed by atoms with van der Waals surface area (Å²) < 4.78 is 6.82. The first-order valence-electron chi connectivity index (χ1n) is 5.70. The van der Waals surface area contributed by atoms with Crippen molar-refractivity contribution in [1.82, 2.24) is 24.7 Å². The molecule has 8 nitrogen and oxygen atoms in total. The molecule has 19 heavy (non-hydrogen) atoms. The van der Waals surface area contributed by atoms with Crippen LogP contribution >= 0.6 is 11.8 Å². The van der Waals surface area contributed by atoms with Crippen molar-refractivity contribution in [2.24, 2.45) is 0 Å². The van der Waals surface area contributed by atoms with E-state index in [4.69, 9.17) is 10.5 Å². The van der Waals surface area contributed by atoms with Gasteiger partial charge in [0.2, 0.25) is 0 Å². The molecule has 0 aliphatic heterocycles. The van der Waals surface area contributed by atoms with Gasteiger partial charge in [0, 0.05) is 6.04 Å². The Morgan fingerprint density at radius 3 is 3.00 bits per heavy atom. The lowest BCUT2D eigenvalue weighted by Crippen LogP contribution is -2.16. The van der Waals surface area contributed by atoms with Gasteiger partial charge in [0.15, 0.2) is 21.7 Å². The molecular weight excluding hydrogens is 268 g/mol. The van der Waals surface area contributed by atoms with Gasteiger partial charge in [-0.2, -0.15) is 0 Å². The maximum absolute atomic E-state index is 11.7. The smallest absolute Gasteiger partial charge is 0.344 e. The maximum atomic E-state index is 11.7. The van der Waals surface area contributed by atoms with E-state index in [0.29, 0.717) is 15.9 Å². The lowest BCUT2D eigenvalue weighted by Gasteiger charge is -2.08. The molecule has 2 heterocycles. The minimum atomic E-state index is -0.203. The Morgan fingerprint density at radius 1 is 1.53 bits per heavy atom. The molecule has 100 valence electrons. The summed E-state index contributed by atoms with van der Waals surface area (Å²) in [7, 11) is 1.50. The van der Waals surface area contributed by atoms with Gasteiger partial charge in [0.1, 0.15) is 6.33 Å². The number of aromatic amines is 1. The van der Waals surface area contributed by atoms with Gasteiger partial charge in [-0.05, 0) is 24.6 Å². The Morgan fingerprint density at radius 2 is 2.32 bits per heavy atom. The topological polar surface area (TPSA) is 112 Å². The predicted molar refractivity (Wildman–Crippen MR) is 68.2 cm³/mol. The van der Waals surface area contributed by atoms with Crippen LogP contribution in [0.3, 0.4) is 0 Å². The van der Waals surface area contributed by atoms with Crippen molar-refractivity contribution in [2.45, 2.75) is 29.1 Å². The second-order valence-electron chi connectivity index (χ2n) is 4.11. The molecule has 0 unspecified atom stereocenters. The molecule has 1 aliphatic carbocycles. The van der Waals surface area contributed by atoms with Crippen LogP contribution in [-0.4, -0.2) is 31.8 Å². The van der Waals surface area contributed by atoms with E-state index in [9.17, 15) is 4.79 Å². The van der Waals surface area contributed by atoms with Crippen LogP contribution in [0.1, 0.15) is 18.9 Å². The molecule has 0 saturated heterocycles. The Labute approximate surface area is 112 Å². The van der Waals surface area contributed by atoms with E-state index in [1.807, 2.05) is 0 Å². The number of nitrogens with zero attached hydrogens (tertiary/aromatic N) is 4. The van der Waals surface area contributed by atoms with Crippen LogP contribution in [0.5, 0.6) is 5.75 Å². The van der Waals surface area contributed by atoms with Gasteiger partial charge in [-0.1, -0.05) is 0 Å². The van der Waals surface area contributed by atoms with E-state index in [1.54, 1.807) is 4.57 Å². The third kappa shape index (κ3) is 2.16. The first-order chi connectivity index (χ1) is 9.20. The molecule has 0 atom stereocenters. The van der Waals surface area contributed by atoms with Gasteiger partial charge in [-0.25, -0.2) is 19.9 Å². The number of hydrogen-bond acceptors (Lipinski definition) is 7. The zero-order valence-corrected chi connectivity index (χ0v) is 11.0. The van der Waals surface area contributed by atoms with Crippen LogP contribution in [0, 0.1) is 0 Å². The number of nitrogens with two attached hydrogens (primary N) is 1. The number of rotatable bonds is 4. The Bertz CT molecular complexity index is 662. The highest BCUT2D eigenvalue weighted by atomic mass is 32.2. The largest absolute Gasteiger partial charge is 0.490 e. The van der Waals surface area contributed by atoms with Crippen molar-refractivity contribution in [1.29, 1.82) is 0 Å². The predicted octanol–water partition coefficient (Wildman–Crippen LogP) is 0.438. The zero-order chi connectivity index (χ0) is 13.4. The molecule has 3 rings (SSSR count). The number of ether oxygens (including phenoxy) is 1. The summed E-state index contributed by atoms with van der Waals surface area (Å²) in [5.41, 5.74) is 5.51. The summed E-state index contributed by atoms with van der Waals surface area (Å²) >= 11 is 1.23. The molecule has 9 heteroatoms. The molecule has 1 aliphatic rings. The summed E-state index contributed by atoms with van der Waals surface area (Å²) in [6.45, 7) is 0. The Kier molecular flexibility index (Phi) is 2.90. The zero-order valence-electron chi connectivity index (χ0n) is 10.2. The molecule has 0 bridgehead atoms. The van der Waals surface area contributed by atoms with E-state index in [2.05, 4.69) is 20.2 Å². The van der Waals surface area contributed by atoms with E-state index < -0.39 is 0 Å². The number of nitrogens with one attached hydrogen (secondary N) is 1. The first-order valence-corrected chi connectivity index (χ1v) is 6.51. The van der Waals surface area contributed by atoms with Gasteiger partial charge in [0.05, 0.1) is 7.11 Å². The van der Waals surface area contributed by atoms with Crippen molar-refractivity contribution >= 4 is 17.6 Å². The number of hydrogen-bond donors (Lipinski definition) is 2. The summed E-state index contributed by atoms with van der Waals surface area (Å²) in [5.74, 6) is 0.654. The quantitative estimate of drug-likeness (QED) is 0.781. The van der Waals surface area contributed by atoms with E-state index >= 15 is 0 Å². The number of nitrogen functional groups attached to an aromatic ring is 1. The number of aromatic nitrogens is 5. The van der Waals surface area contributed by atoms with Gasteiger partial charge < -0.3 is 10.5 Å². The molecule has 2 aromatic heterocycles. The summed E-state index contributed by atoms with van der Waals surface area (Å²) in [4.78, 5) is 19.6. The van der Waals surface area contributed by atoms with Gasteiger partial charge in [0.25, 0.3) is 0 Å². The molecule has 0 spiro atoms. The molecule has 0 aromatic carbocycles. The normalized spacial score (nSPS) is 14.6. The second kappa shape index (κ2) is 4.57. The lowest BCUT2D eigenvalue weighted by atomic mass is 10.5. The standard InChI is InChI=1S/C10H12N6O2S/c1-18-6-7(11)12-4-13-8(6)19-10-15-14-9(17)16(10)5-2-3-5/h4-5H,2-3H2,1H3,(H,14,17)(H2,11,12,13). The highest BCUT2D eigenvalue weighted by molar-refractivity contribution is 7.99. The summed E-state index contributed by atoms with van der Waals surface area (Å²) in [5, 5.41) is 7.56. The Balaban J connectivity index is 1.98. The molecule has 0 radical (unpaired) electrons. The molecule has 3 N–H and O–H groups in total. The highest BCUT2D eigenvalue weighted by Crippen LogP contribution is 2.39. The SMILES string of the molecule is COc1c(N)ncnc1Sc1n[nH]c(=O)n1C1CC1. The fourth-order valence-electron chi connectivity index (χ4n) is 1.74. The minimum Gasteiger partial charge on any atom is -0.490 e. The van der Waals surface area contributed by atoms with Crippen molar-refractivity contribution in [3.63, 3.8) is 0 Å². The highest BCUT2D eigenvalue weighted by Gasteiger charge is 2.29. The fourth-order valence-corrected chi connectivity index (χ4v) is 2.71. The van der Waals surface area contributed by atoms with Crippen LogP contribution in [0.25, 0.3) is 0 Å². The van der Waals surface area contributed by atoms with Crippen molar-refractivity contribution < 1.29 is 4.74 Å². The van der Waals surface area contributed by atoms with E-state index in [0.717, 1.165) is 12.8 Å². The first kappa shape index (κ1) is 12.0. The second-order valence-corrected chi connectivity index (χ2v) is 5.07. The van der Waals surface area contributed by atoms with Crippen LogP contribution in [0.2, 0.25) is 0 Å². The summed E-state index contributed by atoms with van der Waals surface area (Å²) in [6, 6.07) is 0.235. The molecule has 2 aromatic rings. The lowest BCUT2D eigenvalue weighted by molar-refractivity contribution is 0.401. The van der Waals surface area contributed by atoms with Gasteiger partial charge >= 0.3 is 5.69 Å². The molecule has 1 fully saturated rings.